The Morgan fingerprint density at radius 1 is 1.37 bits per heavy atom. The van der Waals surface area contributed by atoms with E-state index in [0.29, 0.717) is 11.1 Å². The van der Waals surface area contributed by atoms with E-state index in [4.69, 9.17) is 10.5 Å². The first-order valence-electron chi connectivity index (χ1n) is 5.21. The van der Waals surface area contributed by atoms with Gasteiger partial charge in [-0.25, -0.2) is 4.79 Å². The number of benzene rings is 1. The number of hydrogen-bond acceptors (Lipinski definition) is 5. The number of phenolic OH excluding ortho intramolecular Hbond substituents is 1. The van der Waals surface area contributed by atoms with E-state index in [1.807, 2.05) is 0 Å². The van der Waals surface area contributed by atoms with Crippen LogP contribution in [0.1, 0.15) is 11.1 Å². The molecule has 0 bridgehead atoms. The number of carbonyl (C=O) groups excluding carboxylic acids is 1. The summed E-state index contributed by atoms with van der Waals surface area (Å²) in [5.74, 6) is -0.557. The van der Waals surface area contributed by atoms with Crippen molar-refractivity contribution in [3.63, 3.8) is 0 Å². The van der Waals surface area contributed by atoms with E-state index >= 15 is 0 Å². The summed E-state index contributed by atoms with van der Waals surface area (Å²) in [5, 5.41) is 26.9. The summed E-state index contributed by atoms with van der Waals surface area (Å²) < 4.78 is 4.45. The van der Waals surface area contributed by atoms with Crippen LogP contribution in [0.4, 0.5) is 0 Å². The molecule has 0 aliphatic carbocycles. The molecular weight excluding hydrogens is 244 g/mol. The molecule has 19 heavy (non-hydrogen) atoms. The molecule has 0 aromatic heterocycles. The molecule has 0 heterocycles. The number of nitrogens with zero attached hydrogens (tertiary/aromatic N) is 2. The zero-order chi connectivity index (χ0) is 14.3. The van der Waals surface area contributed by atoms with Crippen LogP contribution in [0.5, 0.6) is 5.75 Å². The smallest absolute Gasteiger partial charge is 0.330 e. The third-order valence-corrected chi connectivity index (χ3v) is 2.21. The quantitative estimate of drug-likeness (QED) is 0.505. The van der Waals surface area contributed by atoms with Gasteiger partial charge in [-0.15, -0.1) is 0 Å². The summed E-state index contributed by atoms with van der Waals surface area (Å²) in [6, 6.07) is 7.95. The lowest BCUT2D eigenvalue weighted by atomic mass is 10.1. The van der Waals surface area contributed by atoms with Crippen LogP contribution in [0, 0.1) is 22.7 Å². The maximum atomic E-state index is 11.0. The molecule has 94 valence electrons. The Balaban J connectivity index is 3.13. The molecule has 0 unspecified atom stereocenters. The van der Waals surface area contributed by atoms with Crippen molar-refractivity contribution >= 4 is 18.1 Å². The topological polar surface area (TPSA) is 94.1 Å². The van der Waals surface area contributed by atoms with E-state index in [-0.39, 0.29) is 11.3 Å². The van der Waals surface area contributed by atoms with Crippen molar-refractivity contribution in [1.82, 2.24) is 0 Å². The van der Waals surface area contributed by atoms with Gasteiger partial charge in [0.15, 0.2) is 0 Å². The van der Waals surface area contributed by atoms with Gasteiger partial charge in [-0.1, -0.05) is 6.07 Å². The molecule has 0 atom stereocenters. The number of allylic oxidation sites excluding steroid dienone is 1. The van der Waals surface area contributed by atoms with Gasteiger partial charge < -0.3 is 9.84 Å². The minimum atomic E-state index is -0.500. The lowest BCUT2D eigenvalue weighted by Crippen LogP contribution is -1.93. The summed E-state index contributed by atoms with van der Waals surface area (Å²) in [6.45, 7) is 0. The van der Waals surface area contributed by atoms with Crippen molar-refractivity contribution in [2.24, 2.45) is 0 Å². The second-order valence-electron chi connectivity index (χ2n) is 3.46. The summed E-state index contributed by atoms with van der Waals surface area (Å²) in [7, 11) is 1.27. The highest BCUT2D eigenvalue weighted by Crippen LogP contribution is 2.22. The lowest BCUT2D eigenvalue weighted by Gasteiger charge is -2.01. The van der Waals surface area contributed by atoms with Crippen LogP contribution in [0.25, 0.3) is 12.2 Å². The molecule has 5 heteroatoms. The molecule has 0 saturated carbocycles. The van der Waals surface area contributed by atoms with Gasteiger partial charge in [0.1, 0.15) is 23.5 Å². The van der Waals surface area contributed by atoms with Crippen LogP contribution in [0.2, 0.25) is 0 Å². The first-order chi connectivity index (χ1) is 9.10. The number of phenols is 1. The van der Waals surface area contributed by atoms with Crippen molar-refractivity contribution in [2.75, 3.05) is 7.11 Å². The van der Waals surface area contributed by atoms with Crippen LogP contribution in [-0.4, -0.2) is 18.2 Å². The number of rotatable bonds is 3. The monoisotopic (exact) mass is 254 g/mol. The summed E-state index contributed by atoms with van der Waals surface area (Å²) >= 11 is 0. The first-order valence-corrected chi connectivity index (χ1v) is 5.21. The van der Waals surface area contributed by atoms with E-state index in [9.17, 15) is 9.90 Å². The molecule has 0 radical (unpaired) electrons. The minimum Gasteiger partial charge on any atom is -0.507 e. The first kappa shape index (κ1) is 14.0. The molecule has 1 N–H and O–H groups in total. The van der Waals surface area contributed by atoms with Crippen molar-refractivity contribution in [3.05, 3.63) is 41.0 Å². The number of aromatic hydroxyl groups is 1. The SMILES string of the molecule is COC(=O)C=Cc1ccc(O)c(C=C(C#N)C#N)c1. The Morgan fingerprint density at radius 2 is 2.05 bits per heavy atom. The lowest BCUT2D eigenvalue weighted by molar-refractivity contribution is -0.134. The number of hydrogen-bond donors (Lipinski definition) is 1. The Labute approximate surface area is 110 Å². The summed E-state index contributed by atoms with van der Waals surface area (Å²) in [4.78, 5) is 11.0. The van der Waals surface area contributed by atoms with E-state index in [2.05, 4.69) is 4.74 Å². The van der Waals surface area contributed by atoms with Gasteiger partial charge in [-0.05, 0) is 29.8 Å². The highest BCUT2D eigenvalue weighted by atomic mass is 16.5. The molecular formula is C14H10N2O3. The normalized spacial score (nSPS) is 9.42. The van der Waals surface area contributed by atoms with E-state index in [0.717, 1.165) is 0 Å². The molecule has 0 amide bonds. The van der Waals surface area contributed by atoms with Crippen LogP contribution < -0.4 is 0 Å². The molecule has 0 aliphatic heterocycles. The number of ether oxygens (including phenoxy) is 1. The fourth-order valence-electron chi connectivity index (χ4n) is 1.27. The standard InChI is InChI=1S/C14H10N2O3/c1-19-14(18)5-3-10-2-4-13(17)12(6-10)7-11(8-15)9-16/h2-7,17H,1H3. The van der Waals surface area contributed by atoms with E-state index < -0.39 is 5.97 Å². The van der Waals surface area contributed by atoms with Gasteiger partial charge in [-0.2, -0.15) is 10.5 Å². The van der Waals surface area contributed by atoms with Gasteiger partial charge in [0.05, 0.1) is 7.11 Å². The zero-order valence-electron chi connectivity index (χ0n) is 10.1. The molecule has 1 rings (SSSR count). The van der Waals surface area contributed by atoms with Crippen LogP contribution in [0.15, 0.2) is 29.8 Å². The molecule has 1 aromatic rings. The maximum Gasteiger partial charge on any atom is 0.330 e. The predicted octanol–water partition coefficient (Wildman–Crippen LogP) is 2.01. The maximum absolute atomic E-state index is 11.0. The predicted molar refractivity (Wildman–Crippen MR) is 68.4 cm³/mol. The molecule has 0 fully saturated rings. The number of methoxy groups -OCH3 is 1. The fraction of sp³-hybridized carbons (Fsp3) is 0.0714. The van der Waals surface area contributed by atoms with Gasteiger partial charge in [0.25, 0.3) is 0 Å². The van der Waals surface area contributed by atoms with Crippen LogP contribution in [-0.2, 0) is 9.53 Å². The molecule has 5 nitrogen and oxygen atoms in total. The van der Waals surface area contributed by atoms with E-state index in [1.165, 1.54) is 31.4 Å². The Hall–Kier alpha value is -3.05. The second-order valence-corrected chi connectivity index (χ2v) is 3.46. The average Bonchev–Trinajstić information content (AvgIpc) is 2.44. The Bertz CT molecular complexity index is 615. The largest absolute Gasteiger partial charge is 0.507 e. The third-order valence-electron chi connectivity index (χ3n) is 2.21. The van der Waals surface area contributed by atoms with Crippen LogP contribution >= 0.6 is 0 Å². The summed E-state index contributed by atoms with van der Waals surface area (Å²) in [6.07, 6.45) is 4.00. The van der Waals surface area contributed by atoms with Crippen molar-refractivity contribution in [1.29, 1.82) is 10.5 Å². The van der Waals surface area contributed by atoms with Gasteiger partial charge in [0.2, 0.25) is 0 Å². The number of esters is 1. The summed E-state index contributed by atoms with van der Waals surface area (Å²) in [5.41, 5.74) is 0.833. The van der Waals surface area contributed by atoms with Crippen molar-refractivity contribution < 1.29 is 14.6 Å². The fourth-order valence-corrected chi connectivity index (χ4v) is 1.27. The molecule has 0 spiro atoms. The number of nitriles is 2. The van der Waals surface area contributed by atoms with Crippen LogP contribution in [0.3, 0.4) is 0 Å². The average molecular weight is 254 g/mol. The van der Waals surface area contributed by atoms with Gasteiger partial charge in [0, 0.05) is 11.6 Å². The van der Waals surface area contributed by atoms with Crippen molar-refractivity contribution in [3.8, 4) is 17.9 Å². The third kappa shape index (κ3) is 4.03. The molecule has 0 aliphatic rings. The van der Waals surface area contributed by atoms with Gasteiger partial charge in [-0.3, -0.25) is 0 Å². The molecule has 0 saturated heterocycles. The highest BCUT2D eigenvalue weighted by molar-refractivity contribution is 5.87. The zero-order valence-corrected chi connectivity index (χ0v) is 10.1. The van der Waals surface area contributed by atoms with Crippen molar-refractivity contribution in [2.45, 2.75) is 0 Å². The second kappa shape index (κ2) is 6.63. The Morgan fingerprint density at radius 3 is 2.63 bits per heavy atom. The minimum absolute atomic E-state index is 0.0572. The number of carbonyl (C=O) groups is 1. The Kier molecular flexibility index (Phi) is 4.89. The molecule has 1 aromatic carbocycles. The van der Waals surface area contributed by atoms with Gasteiger partial charge >= 0.3 is 5.97 Å². The van der Waals surface area contributed by atoms with E-state index in [1.54, 1.807) is 24.3 Å². The highest BCUT2D eigenvalue weighted by Gasteiger charge is 2.02.